The summed E-state index contributed by atoms with van der Waals surface area (Å²) in [5.74, 6) is -0.294. The van der Waals surface area contributed by atoms with Gasteiger partial charge in [0.15, 0.2) is 5.01 Å². The molecule has 16 heavy (non-hydrogen) atoms. The van der Waals surface area contributed by atoms with Gasteiger partial charge in [-0.05, 0) is 13.0 Å². The summed E-state index contributed by atoms with van der Waals surface area (Å²) < 4.78 is 24.2. The number of carbonyl (C=O) groups excluding carboxylic acids is 1. The van der Waals surface area contributed by atoms with Crippen LogP contribution in [0.4, 0.5) is 13.9 Å². The maximum absolute atomic E-state index is 12.1. The number of nitrogens with one attached hydrogen (secondary N) is 1. The average molecular weight is 273 g/mol. The molecule has 0 saturated carbocycles. The largest absolute Gasteiger partial charge is 0.330 e. The van der Waals surface area contributed by atoms with E-state index in [1.54, 1.807) is 0 Å². The Kier molecular flexibility index (Phi) is 7.02. The highest BCUT2D eigenvalue weighted by atomic mass is 35.5. The van der Waals surface area contributed by atoms with Gasteiger partial charge in [-0.2, -0.15) is 0 Å². The minimum atomic E-state index is -2.66. The van der Waals surface area contributed by atoms with Crippen molar-refractivity contribution in [1.82, 2.24) is 10.2 Å². The maximum atomic E-state index is 12.1. The lowest BCUT2D eigenvalue weighted by Crippen LogP contribution is -2.13. The molecule has 1 amide bonds. The number of hydrogen-bond donors (Lipinski definition) is 2. The highest BCUT2D eigenvalue weighted by Gasteiger charge is 2.14. The van der Waals surface area contributed by atoms with E-state index in [-0.39, 0.29) is 29.9 Å². The first-order valence-electron chi connectivity index (χ1n) is 4.25. The number of halogens is 3. The van der Waals surface area contributed by atoms with E-state index in [0.717, 1.165) is 0 Å². The van der Waals surface area contributed by atoms with Gasteiger partial charge in [0.25, 0.3) is 6.43 Å². The Morgan fingerprint density at radius 1 is 1.50 bits per heavy atom. The third kappa shape index (κ3) is 4.77. The van der Waals surface area contributed by atoms with E-state index in [2.05, 4.69) is 15.5 Å². The molecule has 3 N–H and O–H groups in total. The molecule has 1 aromatic heterocycles. The monoisotopic (exact) mass is 272 g/mol. The zero-order chi connectivity index (χ0) is 11.3. The van der Waals surface area contributed by atoms with Crippen LogP contribution in [0, 0.1) is 0 Å². The van der Waals surface area contributed by atoms with Crippen LogP contribution in [-0.2, 0) is 4.79 Å². The summed E-state index contributed by atoms with van der Waals surface area (Å²) in [4.78, 5) is 11.1. The minimum absolute atomic E-state index is 0. The Labute approximate surface area is 101 Å². The van der Waals surface area contributed by atoms with Gasteiger partial charge in [0.05, 0.1) is 0 Å². The van der Waals surface area contributed by atoms with Crippen molar-refractivity contribution in [3.05, 3.63) is 5.01 Å². The molecule has 0 saturated heterocycles. The third-order valence-corrected chi connectivity index (χ3v) is 2.33. The highest BCUT2D eigenvalue weighted by molar-refractivity contribution is 7.15. The number of nitrogens with two attached hydrogens (primary N) is 1. The van der Waals surface area contributed by atoms with E-state index >= 15 is 0 Å². The highest BCUT2D eigenvalue weighted by Crippen LogP contribution is 2.25. The molecule has 0 spiro atoms. The number of rotatable bonds is 5. The number of alkyl halides is 2. The molecule has 0 aliphatic heterocycles. The first-order chi connectivity index (χ1) is 7.13. The number of nitrogens with zero attached hydrogens (tertiary/aromatic N) is 2. The molecule has 0 aromatic carbocycles. The number of anilines is 1. The summed E-state index contributed by atoms with van der Waals surface area (Å²) in [7, 11) is 0. The van der Waals surface area contributed by atoms with Crippen LogP contribution in [0.1, 0.15) is 24.3 Å². The van der Waals surface area contributed by atoms with Crippen LogP contribution in [0.25, 0.3) is 0 Å². The van der Waals surface area contributed by atoms with Crippen LogP contribution >= 0.6 is 23.7 Å². The fraction of sp³-hybridized carbons (Fsp3) is 0.571. The van der Waals surface area contributed by atoms with Crippen molar-refractivity contribution in [2.45, 2.75) is 19.3 Å². The molecular formula is C7H11ClF2N4OS. The second kappa shape index (κ2) is 7.42. The number of hydrogen-bond acceptors (Lipinski definition) is 5. The van der Waals surface area contributed by atoms with Gasteiger partial charge in [0, 0.05) is 6.42 Å². The molecule has 0 aliphatic rings. The SMILES string of the molecule is Cl.NCCCC(=O)Nc1nnc(C(F)F)s1. The molecule has 92 valence electrons. The van der Waals surface area contributed by atoms with Gasteiger partial charge in [-0.15, -0.1) is 22.6 Å². The summed E-state index contributed by atoms with van der Waals surface area (Å²) >= 11 is 0.667. The molecule has 0 bridgehead atoms. The van der Waals surface area contributed by atoms with Gasteiger partial charge < -0.3 is 11.1 Å². The van der Waals surface area contributed by atoms with Crippen molar-refractivity contribution < 1.29 is 13.6 Å². The van der Waals surface area contributed by atoms with Gasteiger partial charge in [-0.3, -0.25) is 4.79 Å². The van der Waals surface area contributed by atoms with Gasteiger partial charge in [0.2, 0.25) is 11.0 Å². The average Bonchev–Trinajstić information content (AvgIpc) is 2.63. The molecule has 0 aliphatic carbocycles. The molecule has 0 unspecified atom stereocenters. The topological polar surface area (TPSA) is 80.9 Å². The fourth-order valence-electron chi connectivity index (χ4n) is 0.818. The zero-order valence-electron chi connectivity index (χ0n) is 8.15. The van der Waals surface area contributed by atoms with E-state index in [0.29, 0.717) is 24.3 Å². The van der Waals surface area contributed by atoms with E-state index in [9.17, 15) is 13.6 Å². The molecule has 0 radical (unpaired) electrons. The zero-order valence-corrected chi connectivity index (χ0v) is 9.78. The van der Waals surface area contributed by atoms with Crippen LogP contribution in [0.15, 0.2) is 0 Å². The van der Waals surface area contributed by atoms with E-state index in [4.69, 9.17) is 5.73 Å². The molecule has 5 nitrogen and oxygen atoms in total. The Morgan fingerprint density at radius 2 is 2.19 bits per heavy atom. The third-order valence-electron chi connectivity index (χ3n) is 1.48. The van der Waals surface area contributed by atoms with Crippen LogP contribution in [0.5, 0.6) is 0 Å². The van der Waals surface area contributed by atoms with E-state index < -0.39 is 11.4 Å². The smallest absolute Gasteiger partial charge is 0.291 e. The molecular weight excluding hydrogens is 262 g/mol. The fourth-order valence-corrected chi connectivity index (χ4v) is 1.43. The summed E-state index contributed by atoms with van der Waals surface area (Å²) in [6, 6.07) is 0. The summed E-state index contributed by atoms with van der Waals surface area (Å²) in [5, 5.41) is 8.70. The van der Waals surface area contributed by atoms with E-state index in [1.807, 2.05) is 0 Å². The number of carbonyl (C=O) groups is 1. The van der Waals surface area contributed by atoms with Crippen LogP contribution in [-0.4, -0.2) is 22.6 Å². The lowest BCUT2D eigenvalue weighted by Gasteiger charge is -1.98. The molecule has 9 heteroatoms. The minimum Gasteiger partial charge on any atom is -0.330 e. The predicted molar refractivity (Wildman–Crippen MR) is 59.0 cm³/mol. The normalized spacial score (nSPS) is 10.0. The summed E-state index contributed by atoms with van der Waals surface area (Å²) in [6.45, 7) is 0.409. The maximum Gasteiger partial charge on any atom is 0.291 e. The van der Waals surface area contributed by atoms with Crippen LogP contribution < -0.4 is 11.1 Å². The Balaban J connectivity index is 0.00000225. The van der Waals surface area contributed by atoms with Crippen molar-refractivity contribution >= 4 is 34.8 Å². The Bertz CT molecular complexity index is 336. The van der Waals surface area contributed by atoms with Gasteiger partial charge in [-0.1, -0.05) is 11.3 Å². The van der Waals surface area contributed by atoms with Crippen molar-refractivity contribution in [3.8, 4) is 0 Å². The molecule has 1 aromatic rings. The van der Waals surface area contributed by atoms with E-state index in [1.165, 1.54) is 0 Å². The molecule has 0 fully saturated rings. The number of amides is 1. The second-order valence-electron chi connectivity index (χ2n) is 2.69. The number of aromatic nitrogens is 2. The Morgan fingerprint density at radius 3 is 2.69 bits per heavy atom. The quantitative estimate of drug-likeness (QED) is 0.853. The van der Waals surface area contributed by atoms with Gasteiger partial charge >= 0.3 is 0 Å². The van der Waals surface area contributed by atoms with Crippen molar-refractivity contribution in [2.24, 2.45) is 5.73 Å². The van der Waals surface area contributed by atoms with Gasteiger partial charge in [-0.25, -0.2) is 8.78 Å². The first-order valence-corrected chi connectivity index (χ1v) is 5.06. The summed E-state index contributed by atoms with van der Waals surface area (Å²) in [5.41, 5.74) is 5.21. The van der Waals surface area contributed by atoms with Crippen LogP contribution in [0.2, 0.25) is 0 Å². The van der Waals surface area contributed by atoms with Crippen molar-refractivity contribution in [3.63, 3.8) is 0 Å². The molecule has 1 heterocycles. The lowest BCUT2D eigenvalue weighted by molar-refractivity contribution is -0.116. The predicted octanol–water partition coefficient (Wildman–Crippen LogP) is 1.57. The second-order valence-corrected chi connectivity index (χ2v) is 3.70. The summed E-state index contributed by atoms with van der Waals surface area (Å²) in [6.07, 6.45) is -1.86. The first kappa shape index (κ1) is 15.1. The van der Waals surface area contributed by atoms with Gasteiger partial charge in [0.1, 0.15) is 0 Å². The van der Waals surface area contributed by atoms with Crippen molar-refractivity contribution in [1.29, 1.82) is 0 Å². The standard InChI is InChI=1S/C7H10F2N4OS.ClH/c8-5(9)6-12-13-7(15-6)11-4(14)2-1-3-10;/h5H,1-3,10H2,(H,11,13,14);1H. The van der Waals surface area contributed by atoms with Crippen LogP contribution in [0.3, 0.4) is 0 Å². The van der Waals surface area contributed by atoms with Crippen molar-refractivity contribution in [2.75, 3.05) is 11.9 Å². The molecule has 0 atom stereocenters. The lowest BCUT2D eigenvalue weighted by atomic mass is 10.3. The molecule has 1 rings (SSSR count). The Hall–Kier alpha value is -0.860.